The van der Waals surface area contributed by atoms with E-state index in [0.717, 1.165) is 5.56 Å². The third-order valence-corrected chi connectivity index (χ3v) is 3.67. The fourth-order valence-electron chi connectivity index (χ4n) is 2.54. The molecule has 3 rings (SSSR count). The van der Waals surface area contributed by atoms with Crippen molar-refractivity contribution in [1.82, 2.24) is 5.48 Å². The second-order valence-corrected chi connectivity index (χ2v) is 4.90. The van der Waals surface area contributed by atoms with Crippen LogP contribution in [0.1, 0.15) is 23.7 Å². The summed E-state index contributed by atoms with van der Waals surface area (Å²) in [5.41, 5.74) is 3.21. The van der Waals surface area contributed by atoms with Gasteiger partial charge in [-0.05, 0) is 11.1 Å². The van der Waals surface area contributed by atoms with Crippen LogP contribution in [0.5, 0.6) is 0 Å². The minimum absolute atomic E-state index is 0.271. The van der Waals surface area contributed by atoms with Gasteiger partial charge < -0.3 is 5.11 Å². The number of carboxylic acids is 1. The maximum absolute atomic E-state index is 11.8. The van der Waals surface area contributed by atoms with Crippen LogP contribution in [0, 0.1) is 0 Å². The molecule has 0 amide bonds. The van der Waals surface area contributed by atoms with Crippen LogP contribution in [0.15, 0.2) is 60.7 Å². The smallest absolute Gasteiger partial charge is 0.330 e. The van der Waals surface area contributed by atoms with E-state index in [9.17, 15) is 9.90 Å². The van der Waals surface area contributed by atoms with E-state index >= 15 is 0 Å². The average Bonchev–Trinajstić information content (AvgIpc) is 2.96. The minimum Gasteiger partial charge on any atom is -0.480 e. The number of carbonyl (C=O) groups is 1. The second-order valence-electron chi connectivity index (χ2n) is 4.90. The predicted molar refractivity (Wildman–Crippen MR) is 73.8 cm³/mol. The molecule has 20 heavy (non-hydrogen) atoms. The Morgan fingerprint density at radius 3 is 2.30 bits per heavy atom. The van der Waals surface area contributed by atoms with E-state index < -0.39 is 11.5 Å². The number of carboxylic acid groups (broad SMARTS) is 1. The van der Waals surface area contributed by atoms with E-state index in [1.165, 1.54) is 0 Å². The highest BCUT2D eigenvalue weighted by Crippen LogP contribution is 2.39. The van der Waals surface area contributed by atoms with Gasteiger partial charge in [0.15, 0.2) is 5.54 Å². The van der Waals surface area contributed by atoms with Gasteiger partial charge >= 0.3 is 5.97 Å². The van der Waals surface area contributed by atoms with Crippen LogP contribution in [0.3, 0.4) is 0 Å². The molecule has 1 aliphatic rings. The van der Waals surface area contributed by atoms with Gasteiger partial charge in [-0.15, -0.1) is 0 Å². The van der Waals surface area contributed by atoms with E-state index in [1.807, 2.05) is 48.5 Å². The number of hydroxylamine groups is 1. The first-order valence-electron chi connectivity index (χ1n) is 6.49. The summed E-state index contributed by atoms with van der Waals surface area (Å²) in [6.07, 6.45) is 0.0867. The monoisotopic (exact) mass is 269 g/mol. The quantitative estimate of drug-likeness (QED) is 0.899. The van der Waals surface area contributed by atoms with Crippen molar-refractivity contribution >= 4 is 5.97 Å². The average molecular weight is 269 g/mol. The Morgan fingerprint density at radius 1 is 1.10 bits per heavy atom. The van der Waals surface area contributed by atoms with Crippen LogP contribution in [0.25, 0.3) is 0 Å². The number of benzene rings is 2. The second kappa shape index (κ2) is 5.07. The first-order valence-corrected chi connectivity index (χ1v) is 6.49. The Morgan fingerprint density at radius 2 is 1.70 bits per heavy atom. The molecular weight excluding hydrogens is 254 g/mol. The number of aliphatic carboxylic acids is 1. The fourth-order valence-corrected chi connectivity index (χ4v) is 2.54. The van der Waals surface area contributed by atoms with Gasteiger partial charge in [-0.25, -0.2) is 4.79 Å². The van der Waals surface area contributed by atoms with Gasteiger partial charge in [0, 0.05) is 6.42 Å². The third kappa shape index (κ3) is 2.09. The molecule has 0 radical (unpaired) electrons. The van der Waals surface area contributed by atoms with Gasteiger partial charge in [-0.1, -0.05) is 60.7 Å². The summed E-state index contributed by atoms with van der Waals surface area (Å²) in [4.78, 5) is 17.3. The molecule has 2 aromatic rings. The third-order valence-electron chi connectivity index (χ3n) is 3.67. The molecule has 0 spiro atoms. The van der Waals surface area contributed by atoms with Crippen LogP contribution >= 0.6 is 0 Å². The SMILES string of the molecule is O=C(O)C1(c2ccccc2)CC(c2ccccc2)ON1. The highest BCUT2D eigenvalue weighted by Gasteiger charge is 2.48. The Bertz CT molecular complexity index is 600. The zero-order valence-electron chi connectivity index (χ0n) is 10.8. The van der Waals surface area contributed by atoms with Crippen molar-refractivity contribution in [3.05, 3.63) is 71.8 Å². The number of hydrogen-bond donors (Lipinski definition) is 2. The molecule has 2 N–H and O–H groups in total. The zero-order valence-corrected chi connectivity index (χ0v) is 10.8. The summed E-state index contributed by atoms with van der Waals surface area (Å²) in [5, 5.41) is 9.64. The molecule has 2 atom stereocenters. The minimum atomic E-state index is -1.19. The Balaban J connectivity index is 1.94. The molecule has 0 saturated carbocycles. The van der Waals surface area contributed by atoms with Crippen LogP contribution in [0.4, 0.5) is 0 Å². The van der Waals surface area contributed by atoms with Gasteiger partial charge in [0.05, 0.1) is 0 Å². The zero-order chi connectivity index (χ0) is 14.0. The van der Waals surface area contributed by atoms with Gasteiger partial charge in [-0.3, -0.25) is 4.84 Å². The molecule has 102 valence electrons. The lowest BCUT2D eigenvalue weighted by Gasteiger charge is -2.22. The van der Waals surface area contributed by atoms with Gasteiger partial charge in [0.1, 0.15) is 6.10 Å². The molecule has 1 heterocycles. The lowest BCUT2D eigenvalue weighted by molar-refractivity contribution is -0.147. The van der Waals surface area contributed by atoms with Gasteiger partial charge in [0.25, 0.3) is 0 Å². The Hall–Kier alpha value is -2.17. The van der Waals surface area contributed by atoms with Crippen LogP contribution in [-0.4, -0.2) is 11.1 Å². The van der Waals surface area contributed by atoms with Crippen molar-refractivity contribution in [2.24, 2.45) is 0 Å². The van der Waals surface area contributed by atoms with E-state index in [2.05, 4.69) is 5.48 Å². The van der Waals surface area contributed by atoms with E-state index in [4.69, 9.17) is 4.84 Å². The lowest BCUT2D eigenvalue weighted by Crippen LogP contribution is -2.44. The topological polar surface area (TPSA) is 58.6 Å². The first kappa shape index (κ1) is 12.8. The maximum Gasteiger partial charge on any atom is 0.330 e. The van der Waals surface area contributed by atoms with Crippen molar-refractivity contribution in [3.8, 4) is 0 Å². The molecule has 4 heteroatoms. The summed E-state index contributed by atoms with van der Waals surface area (Å²) in [7, 11) is 0. The molecular formula is C16H15NO3. The number of nitrogens with one attached hydrogen (secondary N) is 1. The predicted octanol–water partition coefficient (Wildman–Crippen LogP) is 2.63. The van der Waals surface area contributed by atoms with Crippen LogP contribution < -0.4 is 5.48 Å². The van der Waals surface area contributed by atoms with Crippen molar-refractivity contribution in [1.29, 1.82) is 0 Å². The van der Waals surface area contributed by atoms with Gasteiger partial charge in [-0.2, -0.15) is 5.48 Å². The summed E-state index contributed by atoms with van der Waals surface area (Å²) in [5.74, 6) is -0.929. The van der Waals surface area contributed by atoms with E-state index in [-0.39, 0.29) is 6.10 Å². The van der Waals surface area contributed by atoms with Crippen molar-refractivity contribution in [2.45, 2.75) is 18.1 Å². The summed E-state index contributed by atoms with van der Waals surface area (Å²) >= 11 is 0. The Labute approximate surface area is 117 Å². The normalized spacial score (nSPS) is 25.5. The highest BCUT2D eigenvalue weighted by molar-refractivity contribution is 5.81. The molecule has 1 aliphatic heterocycles. The molecule has 2 unspecified atom stereocenters. The molecule has 1 saturated heterocycles. The molecule has 4 nitrogen and oxygen atoms in total. The van der Waals surface area contributed by atoms with E-state index in [0.29, 0.717) is 12.0 Å². The summed E-state index contributed by atoms with van der Waals surface area (Å²) < 4.78 is 0. The van der Waals surface area contributed by atoms with Crippen LogP contribution in [0.2, 0.25) is 0 Å². The van der Waals surface area contributed by atoms with Crippen molar-refractivity contribution in [3.63, 3.8) is 0 Å². The summed E-state index contributed by atoms with van der Waals surface area (Å²) in [6, 6.07) is 18.8. The fraction of sp³-hybridized carbons (Fsp3) is 0.188. The molecule has 2 aromatic carbocycles. The van der Waals surface area contributed by atoms with Gasteiger partial charge in [0.2, 0.25) is 0 Å². The number of rotatable bonds is 3. The molecule has 0 aromatic heterocycles. The molecule has 0 aliphatic carbocycles. The summed E-state index contributed by atoms with van der Waals surface area (Å²) in [6.45, 7) is 0. The highest BCUT2D eigenvalue weighted by atomic mass is 16.7. The number of hydrogen-bond acceptors (Lipinski definition) is 3. The molecule has 1 fully saturated rings. The maximum atomic E-state index is 11.8. The largest absolute Gasteiger partial charge is 0.480 e. The lowest BCUT2D eigenvalue weighted by atomic mass is 9.85. The Kier molecular flexibility index (Phi) is 3.26. The van der Waals surface area contributed by atoms with Crippen molar-refractivity contribution in [2.75, 3.05) is 0 Å². The van der Waals surface area contributed by atoms with Crippen LogP contribution in [-0.2, 0) is 15.2 Å². The van der Waals surface area contributed by atoms with E-state index in [1.54, 1.807) is 12.1 Å². The molecule has 0 bridgehead atoms. The standard InChI is InChI=1S/C16H15NO3/c18-15(19)16(13-9-5-2-6-10-13)11-14(20-17-16)12-7-3-1-4-8-12/h1-10,14,17H,11H2,(H,18,19). The first-order chi connectivity index (χ1) is 9.72. The van der Waals surface area contributed by atoms with Crippen molar-refractivity contribution < 1.29 is 14.7 Å².